The van der Waals surface area contributed by atoms with E-state index in [2.05, 4.69) is 25.2 Å². The first kappa shape index (κ1) is 22.5. The van der Waals surface area contributed by atoms with Gasteiger partial charge in [0.1, 0.15) is 29.8 Å². The van der Waals surface area contributed by atoms with Crippen molar-refractivity contribution in [2.45, 2.75) is 13.8 Å². The molecule has 3 aromatic rings. The van der Waals surface area contributed by atoms with Crippen molar-refractivity contribution >= 4 is 35.2 Å². The SMILES string of the molecule is Cc1ccnc(Nc2cc(N3CCN(C(=O)CN4C(=O)c5ccccc5C4=O)CC3)nc(C)n2)c1. The van der Waals surface area contributed by atoms with Gasteiger partial charge >= 0.3 is 0 Å². The Morgan fingerprint density at radius 2 is 1.60 bits per heavy atom. The Kier molecular flexibility index (Phi) is 5.86. The van der Waals surface area contributed by atoms with E-state index in [1.807, 2.05) is 32.0 Å². The molecule has 2 aliphatic heterocycles. The molecule has 35 heavy (non-hydrogen) atoms. The summed E-state index contributed by atoms with van der Waals surface area (Å²) in [7, 11) is 0. The van der Waals surface area contributed by atoms with Crippen LogP contribution in [-0.4, -0.2) is 75.2 Å². The highest BCUT2D eigenvalue weighted by molar-refractivity contribution is 6.22. The first-order valence-electron chi connectivity index (χ1n) is 11.4. The van der Waals surface area contributed by atoms with Crippen molar-refractivity contribution in [2.75, 3.05) is 42.9 Å². The molecule has 2 aromatic heterocycles. The molecule has 0 unspecified atom stereocenters. The highest BCUT2D eigenvalue weighted by Crippen LogP contribution is 2.23. The van der Waals surface area contributed by atoms with Crippen molar-refractivity contribution < 1.29 is 14.4 Å². The van der Waals surface area contributed by atoms with Gasteiger partial charge in [-0.05, 0) is 43.7 Å². The minimum Gasteiger partial charge on any atom is -0.353 e. The fourth-order valence-corrected chi connectivity index (χ4v) is 4.32. The normalized spacial score (nSPS) is 15.4. The summed E-state index contributed by atoms with van der Waals surface area (Å²) in [4.78, 5) is 56.2. The molecule has 1 aromatic carbocycles. The summed E-state index contributed by atoms with van der Waals surface area (Å²) in [5, 5.41) is 3.23. The number of imide groups is 1. The van der Waals surface area contributed by atoms with Crippen LogP contribution in [0.4, 0.5) is 17.5 Å². The Balaban J connectivity index is 1.21. The van der Waals surface area contributed by atoms with Crippen LogP contribution in [0.3, 0.4) is 0 Å². The van der Waals surface area contributed by atoms with E-state index in [0.29, 0.717) is 54.8 Å². The van der Waals surface area contributed by atoms with Crippen molar-refractivity contribution in [2.24, 2.45) is 0 Å². The lowest BCUT2D eigenvalue weighted by molar-refractivity contribution is -0.131. The third-order valence-corrected chi connectivity index (χ3v) is 6.12. The van der Waals surface area contributed by atoms with Gasteiger partial charge in [0.15, 0.2) is 0 Å². The number of hydrogen-bond donors (Lipinski definition) is 1. The molecule has 0 atom stereocenters. The zero-order valence-corrected chi connectivity index (χ0v) is 19.6. The van der Waals surface area contributed by atoms with Gasteiger partial charge in [0.05, 0.1) is 11.1 Å². The van der Waals surface area contributed by atoms with E-state index in [-0.39, 0.29) is 12.5 Å². The fraction of sp³-hybridized carbons (Fsp3) is 0.280. The smallest absolute Gasteiger partial charge is 0.262 e. The monoisotopic (exact) mass is 471 g/mol. The Bertz CT molecular complexity index is 1280. The maximum Gasteiger partial charge on any atom is 0.262 e. The minimum absolute atomic E-state index is 0.245. The Hall–Kier alpha value is -4.34. The van der Waals surface area contributed by atoms with E-state index in [4.69, 9.17) is 0 Å². The number of nitrogens with one attached hydrogen (secondary N) is 1. The van der Waals surface area contributed by atoms with Crippen LogP contribution >= 0.6 is 0 Å². The van der Waals surface area contributed by atoms with Crippen LogP contribution < -0.4 is 10.2 Å². The van der Waals surface area contributed by atoms with Crippen LogP contribution in [0.25, 0.3) is 0 Å². The van der Waals surface area contributed by atoms with Crippen molar-refractivity contribution in [3.8, 4) is 0 Å². The number of aryl methyl sites for hydroxylation is 2. The van der Waals surface area contributed by atoms with E-state index in [1.165, 1.54) is 0 Å². The number of aromatic nitrogens is 3. The topological polar surface area (TPSA) is 112 Å². The van der Waals surface area contributed by atoms with E-state index in [1.54, 1.807) is 35.4 Å². The Morgan fingerprint density at radius 3 is 2.26 bits per heavy atom. The quantitative estimate of drug-likeness (QED) is 0.564. The van der Waals surface area contributed by atoms with E-state index in [9.17, 15) is 14.4 Å². The lowest BCUT2D eigenvalue weighted by Gasteiger charge is -2.36. The molecule has 10 heteroatoms. The van der Waals surface area contributed by atoms with Gasteiger partial charge in [-0.15, -0.1) is 0 Å². The van der Waals surface area contributed by atoms with Gasteiger partial charge in [0.25, 0.3) is 11.8 Å². The van der Waals surface area contributed by atoms with Crippen LogP contribution in [0.15, 0.2) is 48.7 Å². The van der Waals surface area contributed by atoms with Crippen LogP contribution in [0.2, 0.25) is 0 Å². The van der Waals surface area contributed by atoms with Gasteiger partial charge in [-0.3, -0.25) is 19.3 Å². The second kappa shape index (κ2) is 9.13. The standard InChI is InChI=1S/C25H25N7O3/c1-16-7-8-26-20(13-16)29-21-14-22(28-17(2)27-21)30-9-11-31(12-10-30)23(33)15-32-24(34)18-5-3-4-6-19(18)25(32)35/h3-8,13-14H,9-12,15H2,1-2H3,(H,26,27,28,29). The molecule has 0 spiro atoms. The van der Waals surface area contributed by atoms with Gasteiger partial charge in [-0.1, -0.05) is 12.1 Å². The summed E-state index contributed by atoms with van der Waals surface area (Å²) in [6.07, 6.45) is 1.74. The summed E-state index contributed by atoms with van der Waals surface area (Å²) in [6.45, 7) is 5.66. The fourth-order valence-electron chi connectivity index (χ4n) is 4.32. The van der Waals surface area contributed by atoms with Crippen LogP contribution in [0.1, 0.15) is 32.1 Å². The van der Waals surface area contributed by atoms with Gasteiger partial charge in [0.2, 0.25) is 5.91 Å². The average Bonchev–Trinajstić information content (AvgIpc) is 3.09. The highest BCUT2D eigenvalue weighted by atomic mass is 16.2. The lowest BCUT2D eigenvalue weighted by Crippen LogP contribution is -2.52. The predicted octanol–water partition coefficient (Wildman–Crippen LogP) is 2.18. The molecule has 5 rings (SSSR count). The van der Waals surface area contributed by atoms with Crippen molar-refractivity contribution in [3.05, 3.63) is 71.2 Å². The number of carbonyl (C=O) groups is 3. The molecule has 0 aliphatic carbocycles. The third kappa shape index (κ3) is 4.54. The summed E-state index contributed by atoms with van der Waals surface area (Å²) < 4.78 is 0. The summed E-state index contributed by atoms with van der Waals surface area (Å²) >= 11 is 0. The third-order valence-electron chi connectivity index (χ3n) is 6.12. The number of fused-ring (bicyclic) bond motifs is 1. The first-order chi connectivity index (χ1) is 16.9. The molecule has 1 saturated heterocycles. The number of pyridine rings is 1. The van der Waals surface area contributed by atoms with E-state index < -0.39 is 11.8 Å². The molecule has 0 radical (unpaired) electrons. The molecule has 2 aliphatic rings. The van der Waals surface area contributed by atoms with Gasteiger partial charge in [-0.25, -0.2) is 15.0 Å². The van der Waals surface area contributed by atoms with E-state index in [0.717, 1.165) is 16.3 Å². The summed E-state index contributed by atoms with van der Waals surface area (Å²) in [5.41, 5.74) is 1.79. The zero-order valence-electron chi connectivity index (χ0n) is 19.6. The molecule has 4 heterocycles. The summed E-state index contributed by atoms with van der Waals surface area (Å²) in [5.74, 6) is 1.66. The van der Waals surface area contributed by atoms with Gasteiger partial charge in [0, 0.05) is 38.4 Å². The molecule has 0 saturated carbocycles. The van der Waals surface area contributed by atoms with Crippen molar-refractivity contribution in [1.29, 1.82) is 0 Å². The largest absolute Gasteiger partial charge is 0.353 e. The Labute approximate surface area is 202 Å². The maximum absolute atomic E-state index is 12.9. The first-order valence-corrected chi connectivity index (χ1v) is 11.4. The van der Waals surface area contributed by atoms with E-state index >= 15 is 0 Å². The average molecular weight is 472 g/mol. The maximum atomic E-state index is 12.9. The Morgan fingerprint density at radius 1 is 0.914 bits per heavy atom. The molecule has 1 N–H and O–H groups in total. The number of anilines is 3. The number of carbonyl (C=O) groups excluding carboxylic acids is 3. The lowest BCUT2D eigenvalue weighted by atomic mass is 10.1. The minimum atomic E-state index is -0.419. The second-order valence-corrected chi connectivity index (χ2v) is 8.61. The molecule has 0 bridgehead atoms. The molecule has 10 nitrogen and oxygen atoms in total. The molecular weight excluding hydrogens is 446 g/mol. The molecule has 3 amide bonds. The number of benzene rings is 1. The van der Waals surface area contributed by atoms with Crippen LogP contribution in [-0.2, 0) is 4.79 Å². The second-order valence-electron chi connectivity index (χ2n) is 8.61. The molecular formula is C25H25N7O3. The van der Waals surface area contributed by atoms with Crippen molar-refractivity contribution in [3.63, 3.8) is 0 Å². The highest BCUT2D eigenvalue weighted by Gasteiger charge is 2.37. The zero-order chi connectivity index (χ0) is 24.5. The van der Waals surface area contributed by atoms with Gasteiger partial charge in [-0.2, -0.15) is 0 Å². The van der Waals surface area contributed by atoms with Gasteiger partial charge < -0.3 is 15.1 Å². The number of amides is 3. The van der Waals surface area contributed by atoms with Crippen molar-refractivity contribution in [1.82, 2.24) is 24.8 Å². The number of hydrogen-bond acceptors (Lipinski definition) is 8. The summed E-state index contributed by atoms with van der Waals surface area (Å²) in [6, 6.07) is 12.4. The molecule has 178 valence electrons. The molecule has 1 fully saturated rings. The number of rotatable bonds is 5. The van der Waals surface area contributed by atoms with Crippen LogP contribution in [0.5, 0.6) is 0 Å². The van der Waals surface area contributed by atoms with Crippen LogP contribution in [0, 0.1) is 13.8 Å². The predicted molar refractivity (Wildman–Crippen MR) is 130 cm³/mol. The number of nitrogens with zero attached hydrogens (tertiary/aromatic N) is 6. The number of piperazine rings is 1.